The van der Waals surface area contributed by atoms with E-state index < -0.39 is 5.91 Å². The summed E-state index contributed by atoms with van der Waals surface area (Å²) in [4.78, 5) is 11.9. The summed E-state index contributed by atoms with van der Waals surface area (Å²) in [6, 6.07) is 7.36. The molecule has 0 aliphatic rings. The number of halogens is 1. The number of nitrogens with zero attached hydrogens (tertiary/aromatic N) is 2. The third-order valence-electron chi connectivity index (χ3n) is 4.58. The molecule has 0 unspecified atom stereocenters. The normalized spacial score (nSPS) is 11.0. The maximum absolute atomic E-state index is 11.9. The summed E-state index contributed by atoms with van der Waals surface area (Å²) in [5, 5.41) is 4.89. The highest BCUT2D eigenvalue weighted by Crippen LogP contribution is 2.33. The first kappa shape index (κ1) is 20.3. The first-order valence-corrected chi connectivity index (χ1v) is 9.85. The van der Waals surface area contributed by atoms with Gasteiger partial charge in [-0.1, -0.05) is 81.7 Å². The van der Waals surface area contributed by atoms with Crippen LogP contribution in [0, 0.1) is 0 Å². The molecular formula is C20H29ClN4O. The molecule has 1 amide bonds. The van der Waals surface area contributed by atoms with Gasteiger partial charge < -0.3 is 11.5 Å². The number of aryl methyl sites for hydroxylation is 1. The Labute approximate surface area is 160 Å². The Bertz CT molecular complexity index is 727. The number of nitrogens with two attached hydrogens (primary N) is 2. The van der Waals surface area contributed by atoms with Crippen LogP contribution in [0.2, 0.25) is 5.02 Å². The van der Waals surface area contributed by atoms with Gasteiger partial charge in [0, 0.05) is 17.1 Å². The molecule has 6 heteroatoms. The first-order chi connectivity index (χ1) is 12.6. The van der Waals surface area contributed by atoms with E-state index in [0.29, 0.717) is 17.3 Å². The summed E-state index contributed by atoms with van der Waals surface area (Å²) in [7, 11) is 0. The minimum atomic E-state index is -0.584. The predicted molar refractivity (Wildman–Crippen MR) is 108 cm³/mol. The fourth-order valence-electron chi connectivity index (χ4n) is 3.21. The molecule has 0 spiro atoms. The minimum absolute atomic E-state index is 0.159. The molecule has 0 saturated heterocycles. The number of aromatic nitrogens is 2. The van der Waals surface area contributed by atoms with Crippen molar-refractivity contribution in [1.82, 2.24) is 9.78 Å². The van der Waals surface area contributed by atoms with Crippen LogP contribution in [0.15, 0.2) is 24.3 Å². The highest BCUT2D eigenvalue weighted by molar-refractivity contribution is 6.33. The van der Waals surface area contributed by atoms with Gasteiger partial charge >= 0.3 is 0 Å². The van der Waals surface area contributed by atoms with E-state index in [1.807, 2.05) is 18.2 Å². The van der Waals surface area contributed by atoms with Crippen LogP contribution in [0.25, 0.3) is 11.3 Å². The quantitative estimate of drug-likeness (QED) is 0.539. The number of unbranched alkanes of at least 4 members (excludes halogenated alkanes) is 7. The molecule has 2 aromatic rings. The highest BCUT2D eigenvalue weighted by Gasteiger charge is 2.23. The van der Waals surface area contributed by atoms with Crippen molar-refractivity contribution >= 4 is 23.3 Å². The van der Waals surface area contributed by atoms with E-state index in [-0.39, 0.29) is 11.4 Å². The maximum Gasteiger partial charge on any atom is 0.254 e. The second-order valence-corrected chi connectivity index (χ2v) is 7.06. The summed E-state index contributed by atoms with van der Waals surface area (Å²) < 4.78 is 1.77. The molecule has 5 nitrogen and oxygen atoms in total. The number of primary amides is 1. The SMILES string of the molecule is CCCCCCCCCCn1nc(N)c(C(N)=O)c1-c1ccccc1Cl. The summed E-state index contributed by atoms with van der Waals surface area (Å²) >= 11 is 6.33. The molecule has 1 aromatic carbocycles. The van der Waals surface area contributed by atoms with Crippen molar-refractivity contribution in [3.63, 3.8) is 0 Å². The van der Waals surface area contributed by atoms with Crippen LogP contribution >= 0.6 is 11.6 Å². The monoisotopic (exact) mass is 376 g/mol. The van der Waals surface area contributed by atoms with E-state index in [1.165, 1.54) is 38.5 Å². The van der Waals surface area contributed by atoms with Gasteiger partial charge in [0.25, 0.3) is 5.91 Å². The van der Waals surface area contributed by atoms with Gasteiger partial charge in [0.1, 0.15) is 5.56 Å². The fraction of sp³-hybridized carbons (Fsp3) is 0.500. The standard InChI is InChI=1S/C20H29ClN4O/c1-2-3-4-5-6-7-8-11-14-25-18(15-12-9-10-13-16(15)21)17(20(23)26)19(22)24-25/h9-10,12-13H,2-8,11,14H2,1H3,(H2,22,24)(H2,23,26). The average molecular weight is 377 g/mol. The summed E-state index contributed by atoms with van der Waals surface area (Å²) in [6.07, 6.45) is 9.81. The number of anilines is 1. The molecule has 26 heavy (non-hydrogen) atoms. The first-order valence-electron chi connectivity index (χ1n) is 9.47. The van der Waals surface area contributed by atoms with Gasteiger partial charge in [-0.15, -0.1) is 0 Å². The van der Waals surface area contributed by atoms with Gasteiger partial charge in [0.05, 0.1) is 5.69 Å². The Morgan fingerprint density at radius 2 is 1.69 bits per heavy atom. The molecule has 2 rings (SSSR count). The second-order valence-electron chi connectivity index (χ2n) is 6.65. The average Bonchev–Trinajstić information content (AvgIpc) is 2.94. The number of amides is 1. The van der Waals surface area contributed by atoms with E-state index in [0.717, 1.165) is 18.4 Å². The molecule has 0 aliphatic heterocycles. The Morgan fingerprint density at radius 1 is 1.08 bits per heavy atom. The lowest BCUT2D eigenvalue weighted by molar-refractivity contribution is 0.100. The van der Waals surface area contributed by atoms with Gasteiger partial charge in [-0.2, -0.15) is 5.10 Å². The van der Waals surface area contributed by atoms with E-state index in [4.69, 9.17) is 23.1 Å². The Hall–Kier alpha value is -2.01. The third kappa shape index (κ3) is 5.24. The lowest BCUT2D eigenvalue weighted by atomic mass is 10.1. The molecule has 0 saturated carbocycles. The smallest absolute Gasteiger partial charge is 0.254 e. The molecule has 1 aromatic heterocycles. The van der Waals surface area contributed by atoms with E-state index in [1.54, 1.807) is 10.7 Å². The van der Waals surface area contributed by atoms with Crippen molar-refractivity contribution < 1.29 is 4.79 Å². The molecule has 0 fully saturated rings. The number of rotatable bonds is 11. The van der Waals surface area contributed by atoms with Crippen molar-refractivity contribution in [2.45, 2.75) is 64.8 Å². The van der Waals surface area contributed by atoms with Gasteiger partial charge in [0.15, 0.2) is 5.82 Å². The summed E-state index contributed by atoms with van der Waals surface area (Å²) in [6.45, 7) is 2.92. The zero-order chi connectivity index (χ0) is 18.9. The molecule has 0 atom stereocenters. The number of hydrogen-bond acceptors (Lipinski definition) is 3. The topological polar surface area (TPSA) is 86.9 Å². The number of nitrogen functional groups attached to an aromatic ring is 1. The fourth-order valence-corrected chi connectivity index (χ4v) is 3.43. The third-order valence-corrected chi connectivity index (χ3v) is 4.91. The highest BCUT2D eigenvalue weighted by atomic mass is 35.5. The van der Waals surface area contributed by atoms with Crippen LogP contribution in [-0.4, -0.2) is 15.7 Å². The van der Waals surface area contributed by atoms with Gasteiger partial charge in [0.2, 0.25) is 0 Å². The predicted octanol–water partition coefficient (Wildman–Crippen LogP) is 5.03. The van der Waals surface area contributed by atoms with Crippen LogP contribution in [0.4, 0.5) is 5.82 Å². The van der Waals surface area contributed by atoms with Crippen molar-refractivity contribution in [2.24, 2.45) is 5.73 Å². The van der Waals surface area contributed by atoms with Crippen LogP contribution in [-0.2, 0) is 6.54 Å². The van der Waals surface area contributed by atoms with Crippen molar-refractivity contribution in [1.29, 1.82) is 0 Å². The molecular weight excluding hydrogens is 348 g/mol. The Morgan fingerprint density at radius 3 is 2.31 bits per heavy atom. The minimum Gasteiger partial charge on any atom is -0.382 e. The number of hydrogen-bond donors (Lipinski definition) is 2. The molecule has 0 radical (unpaired) electrons. The summed E-state index contributed by atoms with van der Waals surface area (Å²) in [5.41, 5.74) is 13.1. The number of carbonyl (C=O) groups excluding carboxylic acids is 1. The zero-order valence-corrected chi connectivity index (χ0v) is 16.3. The maximum atomic E-state index is 11.9. The molecule has 0 aliphatic carbocycles. The molecule has 0 bridgehead atoms. The second kappa shape index (κ2) is 10.2. The van der Waals surface area contributed by atoms with Gasteiger partial charge in [-0.05, 0) is 12.5 Å². The molecule has 4 N–H and O–H groups in total. The van der Waals surface area contributed by atoms with E-state index in [2.05, 4.69) is 12.0 Å². The number of benzene rings is 1. The summed E-state index contributed by atoms with van der Waals surface area (Å²) in [5.74, 6) is -0.424. The van der Waals surface area contributed by atoms with Crippen LogP contribution in [0.3, 0.4) is 0 Å². The van der Waals surface area contributed by atoms with Crippen molar-refractivity contribution in [3.05, 3.63) is 34.9 Å². The van der Waals surface area contributed by atoms with Gasteiger partial charge in [-0.3, -0.25) is 9.48 Å². The Kier molecular flexibility index (Phi) is 7.98. The van der Waals surface area contributed by atoms with Crippen LogP contribution in [0.5, 0.6) is 0 Å². The van der Waals surface area contributed by atoms with E-state index >= 15 is 0 Å². The van der Waals surface area contributed by atoms with Crippen LogP contribution < -0.4 is 11.5 Å². The lowest BCUT2D eigenvalue weighted by Gasteiger charge is -2.10. The number of carbonyl (C=O) groups is 1. The Balaban J connectivity index is 2.06. The van der Waals surface area contributed by atoms with Gasteiger partial charge in [-0.25, -0.2) is 0 Å². The van der Waals surface area contributed by atoms with E-state index in [9.17, 15) is 4.79 Å². The zero-order valence-electron chi connectivity index (χ0n) is 15.5. The van der Waals surface area contributed by atoms with Crippen molar-refractivity contribution in [2.75, 3.05) is 5.73 Å². The van der Waals surface area contributed by atoms with Crippen LogP contribution in [0.1, 0.15) is 68.6 Å². The van der Waals surface area contributed by atoms with Crippen molar-refractivity contribution in [3.8, 4) is 11.3 Å². The molecule has 1 heterocycles. The molecule has 142 valence electrons. The lowest BCUT2D eigenvalue weighted by Crippen LogP contribution is -2.14. The largest absolute Gasteiger partial charge is 0.382 e.